The number of rotatable bonds is 7. The van der Waals surface area contributed by atoms with Gasteiger partial charge in [-0.15, -0.1) is 0 Å². The molecule has 5 nitrogen and oxygen atoms in total. The van der Waals surface area contributed by atoms with Crippen molar-refractivity contribution in [1.29, 1.82) is 0 Å². The number of carbonyl (C=O) groups excluding carboxylic acids is 2. The molecule has 1 aromatic carbocycles. The van der Waals surface area contributed by atoms with Crippen molar-refractivity contribution < 1.29 is 23.8 Å². The summed E-state index contributed by atoms with van der Waals surface area (Å²) in [6, 6.07) is 7.12. The van der Waals surface area contributed by atoms with Crippen LogP contribution in [-0.4, -0.2) is 31.8 Å². The van der Waals surface area contributed by atoms with Crippen molar-refractivity contribution >= 4 is 11.9 Å². The van der Waals surface area contributed by atoms with Crippen molar-refractivity contribution in [3.05, 3.63) is 29.8 Å². The molecule has 1 aromatic rings. The number of aryl methyl sites for hydroxylation is 1. The van der Waals surface area contributed by atoms with Crippen molar-refractivity contribution in [3.63, 3.8) is 0 Å². The lowest BCUT2D eigenvalue weighted by Gasteiger charge is -2.08. The van der Waals surface area contributed by atoms with Crippen molar-refractivity contribution in [2.45, 2.75) is 20.8 Å². The summed E-state index contributed by atoms with van der Waals surface area (Å²) in [6.45, 7) is 5.58. The summed E-state index contributed by atoms with van der Waals surface area (Å²) in [6.07, 6.45) is 0. The van der Waals surface area contributed by atoms with Gasteiger partial charge in [0, 0.05) is 0 Å². The van der Waals surface area contributed by atoms with E-state index in [-0.39, 0.29) is 19.1 Å². The molecule has 0 saturated carbocycles. The molecule has 0 spiro atoms. The Bertz CT molecular complexity index is 453. The Kier molecular flexibility index (Phi) is 6.73. The van der Waals surface area contributed by atoms with Gasteiger partial charge in [0.15, 0.2) is 0 Å². The fraction of sp³-hybridized carbons (Fsp3) is 0.467. The van der Waals surface area contributed by atoms with Crippen molar-refractivity contribution in [3.8, 4) is 5.75 Å². The molecule has 0 fully saturated rings. The second-order valence-electron chi connectivity index (χ2n) is 4.86. The number of hydrogen-bond acceptors (Lipinski definition) is 5. The molecule has 0 N–H and O–H groups in total. The minimum absolute atomic E-state index is 0.254. The minimum Gasteiger partial charge on any atom is -0.464 e. The Balaban J connectivity index is 2.22. The van der Waals surface area contributed by atoms with Gasteiger partial charge in [0.2, 0.25) is 0 Å². The number of esters is 2. The Hall–Kier alpha value is -1.88. The van der Waals surface area contributed by atoms with Crippen LogP contribution < -0.4 is 4.74 Å². The van der Waals surface area contributed by atoms with Crippen molar-refractivity contribution in [1.82, 2.24) is 0 Å². The maximum atomic E-state index is 11.5. The zero-order valence-corrected chi connectivity index (χ0v) is 12.0. The Morgan fingerprint density at radius 3 is 2.50 bits per heavy atom. The normalized spacial score (nSPS) is 10.4. The number of ether oxygens (including phenoxy) is 3. The first-order chi connectivity index (χ1) is 9.47. The van der Waals surface area contributed by atoms with Gasteiger partial charge in [0.05, 0.1) is 6.61 Å². The van der Waals surface area contributed by atoms with Crippen LogP contribution >= 0.6 is 0 Å². The van der Waals surface area contributed by atoms with E-state index in [2.05, 4.69) is 0 Å². The molecule has 0 amide bonds. The van der Waals surface area contributed by atoms with Gasteiger partial charge in [0.1, 0.15) is 19.0 Å². The molecule has 0 aliphatic heterocycles. The molecule has 5 heteroatoms. The molecule has 0 aliphatic carbocycles. The molecule has 0 radical (unpaired) electrons. The lowest BCUT2D eigenvalue weighted by atomic mass is 10.2. The summed E-state index contributed by atoms with van der Waals surface area (Å²) in [7, 11) is 0. The molecule has 20 heavy (non-hydrogen) atoms. The van der Waals surface area contributed by atoms with Crippen LogP contribution in [-0.2, 0) is 19.1 Å². The van der Waals surface area contributed by atoms with E-state index in [0.717, 1.165) is 5.56 Å². The van der Waals surface area contributed by atoms with Gasteiger partial charge in [-0.05, 0) is 30.5 Å². The first-order valence-electron chi connectivity index (χ1n) is 6.48. The van der Waals surface area contributed by atoms with Gasteiger partial charge in [-0.25, -0.2) is 9.59 Å². The molecule has 0 aromatic heterocycles. The van der Waals surface area contributed by atoms with Gasteiger partial charge >= 0.3 is 11.9 Å². The number of hydrogen-bond donors (Lipinski definition) is 0. The van der Waals surface area contributed by atoms with E-state index in [0.29, 0.717) is 12.4 Å². The van der Waals surface area contributed by atoms with Crippen LogP contribution in [0, 0.1) is 12.8 Å². The van der Waals surface area contributed by atoms with E-state index >= 15 is 0 Å². The first-order valence-corrected chi connectivity index (χ1v) is 6.48. The molecular weight excluding hydrogens is 260 g/mol. The van der Waals surface area contributed by atoms with Gasteiger partial charge in [-0.2, -0.15) is 0 Å². The molecule has 110 valence electrons. The highest BCUT2D eigenvalue weighted by molar-refractivity contribution is 5.75. The van der Waals surface area contributed by atoms with Crippen LogP contribution in [0.2, 0.25) is 0 Å². The predicted molar refractivity (Wildman–Crippen MR) is 73.4 cm³/mol. The smallest absolute Gasteiger partial charge is 0.337 e. The SMILES string of the molecule is Cc1cccc(OC(=O)COCC(=O)OCC(C)C)c1. The molecule has 0 aliphatic rings. The van der Waals surface area contributed by atoms with E-state index in [1.54, 1.807) is 18.2 Å². The van der Waals surface area contributed by atoms with Crippen LogP contribution in [0.25, 0.3) is 0 Å². The van der Waals surface area contributed by atoms with E-state index in [4.69, 9.17) is 14.2 Å². The van der Waals surface area contributed by atoms with Crippen LogP contribution in [0.1, 0.15) is 19.4 Å². The molecular formula is C15H20O5. The topological polar surface area (TPSA) is 61.8 Å². The van der Waals surface area contributed by atoms with Crippen molar-refractivity contribution in [2.75, 3.05) is 19.8 Å². The van der Waals surface area contributed by atoms with E-state index in [1.807, 2.05) is 26.8 Å². The quantitative estimate of drug-likeness (QED) is 0.565. The van der Waals surface area contributed by atoms with Gasteiger partial charge < -0.3 is 14.2 Å². The highest BCUT2D eigenvalue weighted by Crippen LogP contribution is 2.12. The highest BCUT2D eigenvalue weighted by atomic mass is 16.6. The average molecular weight is 280 g/mol. The summed E-state index contributed by atoms with van der Waals surface area (Å²) in [4.78, 5) is 22.7. The Labute approximate surface area is 118 Å². The molecule has 0 saturated heterocycles. The number of benzene rings is 1. The maximum absolute atomic E-state index is 11.5. The third-order valence-corrected chi connectivity index (χ3v) is 2.24. The summed E-state index contributed by atoms with van der Waals surface area (Å²) in [5.41, 5.74) is 0.994. The lowest BCUT2D eigenvalue weighted by Crippen LogP contribution is -2.21. The zero-order valence-electron chi connectivity index (χ0n) is 12.0. The Morgan fingerprint density at radius 2 is 1.85 bits per heavy atom. The number of carbonyl (C=O) groups is 2. The minimum atomic E-state index is -0.549. The second kappa shape index (κ2) is 8.32. The van der Waals surface area contributed by atoms with E-state index in [1.165, 1.54) is 0 Å². The lowest BCUT2D eigenvalue weighted by molar-refractivity contribution is -0.152. The molecule has 0 unspecified atom stereocenters. The van der Waals surface area contributed by atoms with Crippen LogP contribution in [0.3, 0.4) is 0 Å². The summed E-state index contributed by atoms with van der Waals surface area (Å²) in [5, 5.41) is 0. The van der Waals surface area contributed by atoms with Crippen LogP contribution in [0.4, 0.5) is 0 Å². The fourth-order valence-corrected chi connectivity index (χ4v) is 1.36. The second-order valence-corrected chi connectivity index (χ2v) is 4.86. The Morgan fingerprint density at radius 1 is 1.15 bits per heavy atom. The summed E-state index contributed by atoms with van der Waals surface area (Å²) >= 11 is 0. The summed E-state index contributed by atoms with van der Waals surface area (Å²) in [5.74, 6) is -0.305. The van der Waals surface area contributed by atoms with E-state index < -0.39 is 11.9 Å². The van der Waals surface area contributed by atoms with Gasteiger partial charge in [-0.1, -0.05) is 26.0 Å². The highest BCUT2D eigenvalue weighted by Gasteiger charge is 2.09. The molecule has 0 bridgehead atoms. The monoisotopic (exact) mass is 280 g/mol. The third-order valence-electron chi connectivity index (χ3n) is 2.24. The van der Waals surface area contributed by atoms with Crippen LogP contribution in [0.5, 0.6) is 5.75 Å². The molecule has 1 rings (SSSR count). The third kappa shape index (κ3) is 6.89. The van der Waals surface area contributed by atoms with Crippen molar-refractivity contribution in [2.24, 2.45) is 5.92 Å². The average Bonchev–Trinajstić information content (AvgIpc) is 2.36. The maximum Gasteiger partial charge on any atom is 0.337 e. The largest absolute Gasteiger partial charge is 0.464 e. The summed E-state index contributed by atoms with van der Waals surface area (Å²) < 4.78 is 14.9. The zero-order chi connectivity index (χ0) is 15.0. The van der Waals surface area contributed by atoms with Gasteiger partial charge in [-0.3, -0.25) is 0 Å². The molecule has 0 atom stereocenters. The molecule has 0 heterocycles. The van der Waals surface area contributed by atoms with Gasteiger partial charge in [0.25, 0.3) is 0 Å². The van der Waals surface area contributed by atoms with E-state index in [9.17, 15) is 9.59 Å². The fourth-order valence-electron chi connectivity index (χ4n) is 1.36. The standard InChI is InChI=1S/C15H20O5/c1-11(2)8-19-14(16)9-18-10-15(17)20-13-6-4-5-12(3)7-13/h4-7,11H,8-10H2,1-3H3. The predicted octanol–water partition coefficient (Wildman–Crippen LogP) is 2.12. The first kappa shape index (κ1) is 16.2. The van der Waals surface area contributed by atoms with Crippen LogP contribution in [0.15, 0.2) is 24.3 Å².